The number of halogens is 1. The molecule has 0 radical (unpaired) electrons. The van der Waals surface area contributed by atoms with Crippen molar-refractivity contribution in [3.63, 3.8) is 0 Å². The number of amides is 1. The smallest absolute Gasteiger partial charge is 0.349 e. The summed E-state index contributed by atoms with van der Waals surface area (Å²) in [5.74, 6) is 1.24. The molecule has 0 unspecified atom stereocenters. The molecule has 0 saturated carbocycles. The Kier molecular flexibility index (Phi) is 7.90. The van der Waals surface area contributed by atoms with E-state index in [1.807, 2.05) is 32.8 Å². The topological polar surface area (TPSA) is 119 Å². The van der Waals surface area contributed by atoms with Crippen molar-refractivity contribution in [3.05, 3.63) is 72.5 Å². The van der Waals surface area contributed by atoms with Gasteiger partial charge in [-0.15, -0.1) is 0 Å². The number of aromatic nitrogens is 3. The van der Waals surface area contributed by atoms with Crippen LogP contribution < -0.4 is 26.0 Å². The van der Waals surface area contributed by atoms with Gasteiger partial charge in [-0.3, -0.25) is 14.6 Å². The predicted molar refractivity (Wildman–Crippen MR) is 132 cm³/mol. The highest BCUT2D eigenvalue weighted by molar-refractivity contribution is 9.10. The van der Waals surface area contributed by atoms with Gasteiger partial charge in [0, 0.05) is 13.1 Å². The fourth-order valence-electron chi connectivity index (χ4n) is 3.24. The maximum absolute atomic E-state index is 12.5. The molecule has 3 aromatic rings. The van der Waals surface area contributed by atoms with E-state index >= 15 is 0 Å². The van der Waals surface area contributed by atoms with Gasteiger partial charge in [0.05, 0.1) is 17.3 Å². The lowest BCUT2D eigenvalue weighted by Crippen LogP contribution is -2.40. The molecule has 0 aliphatic rings. The lowest BCUT2D eigenvalue weighted by molar-refractivity contribution is 0.0942. The summed E-state index contributed by atoms with van der Waals surface area (Å²) >= 11 is 3.44. The quantitative estimate of drug-likeness (QED) is 0.458. The van der Waals surface area contributed by atoms with Crippen LogP contribution in [0.25, 0.3) is 5.69 Å². The standard InChI is InChI=1S/C23H26BrN5O5/c1-13-10-15(11-14(2)20(13)34-16-6-7-18(33-5)17(24)12-16)29-23(32)26-22(31)19(27-29)21(30)25-8-9-28(3)4/h6-7,10-12H,8-9H2,1-5H3,(H,25,30)(H,26,31,32). The monoisotopic (exact) mass is 531 g/mol. The van der Waals surface area contributed by atoms with Gasteiger partial charge in [-0.25, -0.2) is 4.79 Å². The third-order valence-electron chi connectivity index (χ3n) is 4.92. The van der Waals surface area contributed by atoms with Gasteiger partial charge < -0.3 is 19.7 Å². The lowest BCUT2D eigenvalue weighted by Gasteiger charge is -2.15. The lowest BCUT2D eigenvalue weighted by atomic mass is 10.1. The highest BCUT2D eigenvalue weighted by Crippen LogP contribution is 2.34. The number of likely N-dealkylation sites (N-methyl/N-ethyl adjacent to an activating group) is 1. The number of aryl methyl sites for hydroxylation is 2. The van der Waals surface area contributed by atoms with Crippen molar-refractivity contribution in [1.82, 2.24) is 25.0 Å². The fraction of sp³-hybridized carbons (Fsp3) is 0.304. The summed E-state index contributed by atoms with van der Waals surface area (Å²) in [5.41, 5.74) is -0.125. The zero-order valence-electron chi connectivity index (χ0n) is 19.6. The van der Waals surface area contributed by atoms with E-state index in [1.165, 1.54) is 0 Å². The molecule has 3 rings (SSSR count). The first-order valence-electron chi connectivity index (χ1n) is 10.4. The van der Waals surface area contributed by atoms with E-state index in [9.17, 15) is 14.4 Å². The van der Waals surface area contributed by atoms with E-state index in [-0.39, 0.29) is 0 Å². The first-order valence-corrected chi connectivity index (χ1v) is 11.2. The Hall–Kier alpha value is -3.44. The van der Waals surface area contributed by atoms with Crippen LogP contribution in [0.1, 0.15) is 21.6 Å². The van der Waals surface area contributed by atoms with Crippen LogP contribution in [0.2, 0.25) is 0 Å². The van der Waals surface area contributed by atoms with Crippen molar-refractivity contribution in [2.75, 3.05) is 34.3 Å². The molecule has 2 N–H and O–H groups in total. The van der Waals surface area contributed by atoms with Crippen LogP contribution in [-0.4, -0.2) is 59.9 Å². The number of carbonyl (C=O) groups excluding carboxylic acids is 1. The van der Waals surface area contributed by atoms with Crippen LogP contribution in [0.4, 0.5) is 0 Å². The van der Waals surface area contributed by atoms with Gasteiger partial charge >= 0.3 is 5.69 Å². The molecular formula is C23H26BrN5O5. The summed E-state index contributed by atoms with van der Waals surface area (Å²) in [4.78, 5) is 41.2. The van der Waals surface area contributed by atoms with Crippen molar-refractivity contribution in [2.45, 2.75) is 13.8 Å². The van der Waals surface area contributed by atoms with Crippen LogP contribution in [0.5, 0.6) is 17.2 Å². The average Bonchev–Trinajstić information content (AvgIpc) is 2.76. The molecule has 0 bridgehead atoms. The molecular weight excluding hydrogens is 506 g/mol. The number of hydrogen-bond acceptors (Lipinski definition) is 7. The number of nitrogens with one attached hydrogen (secondary N) is 2. The second-order valence-electron chi connectivity index (χ2n) is 7.89. The summed E-state index contributed by atoms with van der Waals surface area (Å²) in [7, 11) is 5.31. The van der Waals surface area contributed by atoms with Gasteiger partial charge in [0.25, 0.3) is 11.5 Å². The van der Waals surface area contributed by atoms with Gasteiger partial charge in [0.2, 0.25) is 5.69 Å². The molecule has 0 saturated heterocycles. The highest BCUT2D eigenvalue weighted by Gasteiger charge is 2.17. The van der Waals surface area contributed by atoms with Gasteiger partial charge in [-0.2, -0.15) is 9.78 Å². The number of aromatic amines is 1. The van der Waals surface area contributed by atoms with Crippen LogP contribution in [0, 0.1) is 13.8 Å². The third-order valence-corrected chi connectivity index (χ3v) is 5.54. The van der Waals surface area contributed by atoms with E-state index in [0.717, 1.165) is 20.3 Å². The van der Waals surface area contributed by atoms with E-state index < -0.39 is 22.9 Å². The highest BCUT2D eigenvalue weighted by atomic mass is 79.9. The summed E-state index contributed by atoms with van der Waals surface area (Å²) < 4.78 is 13.1. The minimum atomic E-state index is -0.845. The Morgan fingerprint density at radius 1 is 1.18 bits per heavy atom. The molecule has 0 aliphatic carbocycles. The first-order chi connectivity index (χ1) is 16.1. The van der Waals surface area contributed by atoms with E-state index in [2.05, 4.69) is 31.3 Å². The molecule has 0 spiro atoms. The van der Waals surface area contributed by atoms with E-state index in [4.69, 9.17) is 9.47 Å². The average molecular weight is 532 g/mol. The maximum Gasteiger partial charge on any atom is 0.349 e. The number of hydrogen-bond donors (Lipinski definition) is 2. The Bertz CT molecular complexity index is 1310. The summed E-state index contributed by atoms with van der Waals surface area (Å²) in [6.45, 7) is 4.58. The Balaban J connectivity index is 1.93. The molecule has 180 valence electrons. The fourth-order valence-corrected chi connectivity index (χ4v) is 3.76. The third kappa shape index (κ3) is 5.72. The summed E-state index contributed by atoms with van der Waals surface area (Å²) in [6.07, 6.45) is 0. The van der Waals surface area contributed by atoms with Gasteiger partial charge in [-0.05, 0) is 85.3 Å². The van der Waals surface area contributed by atoms with Crippen LogP contribution >= 0.6 is 15.9 Å². The second kappa shape index (κ2) is 10.7. The maximum atomic E-state index is 12.5. The summed E-state index contributed by atoms with van der Waals surface area (Å²) in [6, 6.07) is 8.75. The normalized spacial score (nSPS) is 10.9. The molecule has 1 heterocycles. The number of H-pyrrole nitrogens is 1. The largest absolute Gasteiger partial charge is 0.496 e. The molecule has 0 aliphatic heterocycles. The van der Waals surface area contributed by atoms with Gasteiger partial charge in [-0.1, -0.05) is 0 Å². The van der Waals surface area contributed by atoms with Crippen molar-refractivity contribution in [3.8, 4) is 22.9 Å². The molecule has 10 nitrogen and oxygen atoms in total. The zero-order valence-corrected chi connectivity index (χ0v) is 21.1. The van der Waals surface area contributed by atoms with Crippen LogP contribution in [0.15, 0.2) is 44.4 Å². The summed E-state index contributed by atoms with van der Waals surface area (Å²) in [5, 5.41) is 6.67. The first kappa shape index (κ1) is 25.2. The number of nitrogens with zero attached hydrogens (tertiary/aromatic N) is 3. The van der Waals surface area contributed by atoms with Crippen molar-refractivity contribution in [1.29, 1.82) is 0 Å². The predicted octanol–water partition coefficient (Wildman–Crippen LogP) is 2.39. The Morgan fingerprint density at radius 2 is 1.85 bits per heavy atom. The van der Waals surface area contributed by atoms with E-state index in [0.29, 0.717) is 36.0 Å². The molecule has 0 fully saturated rings. The molecule has 11 heteroatoms. The van der Waals surface area contributed by atoms with E-state index in [1.54, 1.807) is 37.4 Å². The van der Waals surface area contributed by atoms with Crippen LogP contribution in [0.3, 0.4) is 0 Å². The van der Waals surface area contributed by atoms with Crippen molar-refractivity contribution in [2.24, 2.45) is 0 Å². The number of rotatable bonds is 8. The molecule has 0 atom stereocenters. The molecule has 1 aromatic heterocycles. The van der Waals surface area contributed by atoms with Crippen molar-refractivity contribution < 1.29 is 14.3 Å². The van der Waals surface area contributed by atoms with Crippen LogP contribution in [-0.2, 0) is 0 Å². The van der Waals surface area contributed by atoms with Gasteiger partial charge in [0.15, 0.2) is 0 Å². The number of benzene rings is 2. The minimum Gasteiger partial charge on any atom is -0.496 e. The molecule has 2 aromatic carbocycles. The Morgan fingerprint density at radius 3 is 2.44 bits per heavy atom. The number of ether oxygens (including phenoxy) is 2. The number of carbonyl (C=O) groups is 1. The Labute approximate surface area is 204 Å². The zero-order chi connectivity index (χ0) is 25.0. The SMILES string of the molecule is COc1ccc(Oc2c(C)cc(-n3nc(C(=O)NCCN(C)C)c(=O)[nH]c3=O)cc2C)cc1Br. The van der Waals surface area contributed by atoms with Crippen molar-refractivity contribution >= 4 is 21.8 Å². The molecule has 34 heavy (non-hydrogen) atoms. The van der Waals surface area contributed by atoms with Gasteiger partial charge in [0.1, 0.15) is 17.2 Å². The minimum absolute atomic E-state index is 0.331. The second-order valence-corrected chi connectivity index (χ2v) is 8.74. The molecule has 1 amide bonds. The number of methoxy groups -OCH3 is 1.